The molecule has 0 saturated carbocycles. The van der Waals surface area contributed by atoms with Crippen LogP contribution in [0.4, 0.5) is 4.79 Å². The van der Waals surface area contributed by atoms with Crippen LogP contribution in [0.3, 0.4) is 0 Å². The minimum atomic E-state index is -1.20. The summed E-state index contributed by atoms with van der Waals surface area (Å²) in [4.78, 5) is 39.7. The third-order valence-corrected chi connectivity index (χ3v) is 5.91. The molecule has 0 bridgehead atoms. The third-order valence-electron chi connectivity index (χ3n) is 5.66. The van der Waals surface area contributed by atoms with E-state index >= 15 is 0 Å². The molecule has 156 valence electrons. The molecule has 0 unspecified atom stereocenters. The van der Waals surface area contributed by atoms with Gasteiger partial charge in [0.25, 0.3) is 5.91 Å². The number of amides is 3. The normalized spacial score (nSPS) is 18.2. The maximum absolute atomic E-state index is 13.2. The second kappa shape index (κ2) is 8.36. The van der Waals surface area contributed by atoms with E-state index in [1.54, 1.807) is 36.4 Å². The second-order valence-electron chi connectivity index (χ2n) is 7.45. The highest BCUT2D eigenvalue weighted by Crippen LogP contribution is 2.33. The molecule has 1 heterocycles. The van der Waals surface area contributed by atoms with Crippen molar-refractivity contribution < 1.29 is 14.4 Å². The van der Waals surface area contributed by atoms with Crippen molar-refractivity contribution in [3.05, 3.63) is 95.0 Å². The maximum Gasteiger partial charge on any atom is 0.325 e. The molecule has 4 rings (SSSR count). The lowest BCUT2D eigenvalue weighted by molar-refractivity contribution is -0.131. The molecule has 0 aliphatic carbocycles. The summed E-state index contributed by atoms with van der Waals surface area (Å²) in [5.74, 6) is -0.734. The first-order chi connectivity index (χ1) is 14.9. The molecule has 1 atom stereocenters. The van der Waals surface area contributed by atoms with Gasteiger partial charge in [0, 0.05) is 10.6 Å². The summed E-state index contributed by atoms with van der Waals surface area (Å²) in [6, 6.07) is 23.2. The number of nitrogens with zero attached hydrogens (tertiary/aromatic N) is 1. The summed E-state index contributed by atoms with van der Waals surface area (Å²) in [5, 5.41) is 3.32. The molecular weight excluding hydrogens is 412 g/mol. The van der Waals surface area contributed by atoms with Crippen LogP contribution < -0.4 is 5.32 Å². The molecule has 1 N–H and O–H groups in total. The highest BCUT2D eigenvalue weighted by molar-refractivity contribution is 6.30. The van der Waals surface area contributed by atoms with E-state index in [1.165, 1.54) is 0 Å². The van der Waals surface area contributed by atoms with Gasteiger partial charge < -0.3 is 5.32 Å². The molecule has 1 aliphatic heterocycles. The van der Waals surface area contributed by atoms with Gasteiger partial charge in [-0.1, -0.05) is 85.3 Å². The Labute approximate surface area is 185 Å². The molecule has 31 heavy (non-hydrogen) atoms. The van der Waals surface area contributed by atoms with E-state index in [0.717, 1.165) is 16.0 Å². The van der Waals surface area contributed by atoms with Crippen molar-refractivity contribution in [2.45, 2.75) is 18.9 Å². The average molecular weight is 433 g/mol. The number of benzene rings is 3. The predicted molar refractivity (Wildman–Crippen MR) is 120 cm³/mol. The molecule has 1 saturated heterocycles. The summed E-state index contributed by atoms with van der Waals surface area (Å²) in [6.07, 6.45) is 0.357. The largest absolute Gasteiger partial charge is 0.325 e. The average Bonchev–Trinajstić information content (AvgIpc) is 3.05. The van der Waals surface area contributed by atoms with Gasteiger partial charge in [0.1, 0.15) is 5.54 Å². The zero-order chi connectivity index (χ0) is 22.0. The molecule has 0 radical (unpaired) electrons. The number of halogens is 1. The summed E-state index contributed by atoms with van der Waals surface area (Å²) < 4.78 is 0. The lowest BCUT2D eigenvalue weighted by Crippen LogP contribution is -2.43. The molecule has 3 amide bonds. The number of nitrogens with one attached hydrogen (secondary N) is 1. The van der Waals surface area contributed by atoms with Crippen LogP contribution in [0.25, 0.3) is 11.1 Å². The number of hydrogen-bond donors (Lipinski definition) is 1. The topological polar surface area (TPSA) is 66.5 Å². The minimum Gasteiger partial charge on any atom is -0.319 e. The number of carbonyl (C=O) groups excluding carboxylic acids is 3. The fourth-order valence-corrected chi connectivity index (χ4v) is 3.98. The quantitative estimate of drug-likeness (QED) is 0.438. The first-order valence-corrected chi connectivity index (χ1v) is 10.4. The number of hydrogen-bond acceptors (Lipinski definition) is 3. The number of carbonyl (C=O) groups is 3. The number of ketones is 1. The number of imide groups is 1. The predicted octanol–water partition coefficient (Wildman–Crippen LogP) is 5.05. The van der Waals surface area contributed by atoms with Gasteiger partial charge in [0.05, 0.1) is 6.54 Å². The van der Waals surface area contributed by atoms with Crippen molar-refractivity contribution in [1.29, 1.82) is 0 Å². The smallest absolute Gasteiger partial charge is 0.319 e. The van der Waals surface area contributed by atoms with Crippen molar-refractivity contribution >= 4 is 29.3 Å². The van der Waals surface area contributed by atoms with Crippen LogP contribution >= 0.6 is 11.6 Å². The van der Waals surface area contributed by atoms with Gasteiger partial charge >= 0.3 is 6.03 Å². The van der Waals surface area contributed by atoms with Gasteiger partial charge in [-0.15, -0.1) is 0 Å². The van der Waals surface area contributed by atoms with Gasteiger partial charge in [-0.25, -0.2) is 4.79 Å². The van der Waals surface area contributed by atoms with Crippen LogP contribution in [0.2, 0.25) is 5.02 Å². The molecule has 6 heteroatoms. The van der Waals surface area contributed by atoms with E-state index < -0.39 is 17.5 Å². The van der Waals surface area contributed by atoms with Gasteiger partial charge in [-0.2, -0.15) is 0 Å². The number of urea groups is 1. The first kappa shape index (κ1) is 20.8. The Balaban J connectivity index is 1.53. The molecule has 0 aromatic heterocycles. The van der Waals surface area contributed by atoms with Crippen molar-refractivity contribution in [2.75, 3.05) is 6.54 Å². The molecule has 1 fully saturated rings. The van der Waals surface area contributed by atoms with Crippen molar-refractivity contribution in [1.82, 2.24) is 10.2 Å². The third kappa shape index (κ3) is 3.84. The lowest BCUT2D eigenvalue weighted by Gasteiger charge is -2.25. The van der Waals surface area contributed by atoms with Crippen LogP contribution in [-0.4, -0.2) is 29.2 Å². The molecule has 5 nitrogen and oxygen atoms in total. The zero-order valence-corrected chi connectivity index (χ0v) is 17.7. The standard InChI is InChI=1S/C25H21ClN2O3/c1-2-25(20-12-14-21(26)15-13-20)23(30)28(24(31)27-25)16-22(29)19-10-8-18(9-11-19)17-6-4-3-5-7-17/h3-15H,2,16H2,1H3,(H,27,31)/t25-/m1/s1. The number of rotatable bonds is 6. The molecule has 3 aromatic rings. The van der Waals surface area contributed by atoms with E-state index in [-0.39, 0.29) is 12.3 Å². The SMILES string of the molecule is CC[C@]1(c2ccc(Cl)cc2)NC(=O)N(CC(=O)c2ccc(-c3ccccc3)cc2)C1=O. The van der Waals surface area contributed by atoms with Crippen LogP contribution in [0, 0.1) is 0 Å². The van der Waals surface area contributed by atoms with E-state index in [1.807, 2.05) is 49.4 Å². The Bertz CT molecular complexity index is 1130. The Morgan fingerprint density at radius 1 is 0.903 bits per heavy atom. The Hall–Kier alpha value is -3.44. The van der Waals surface area contributed by atoms with Crippen LogP contribution in [0.15, 0.2) is 78.9 Å². The van der Waals surface area contributed by atoms with Gasteiger partial charge in [-0.05, 0) is 35.2 Å². The van der Waals surface area contributed by atoms with Crippen molar-refractivity contribution in [3.63, 3.8) is 0 Å². The number of Topliss-reactive ketones (excluding diaryl/α,β-unsaturated/α-hetero) is 1. The fourth-order valence-electron chi connectivity index (χ4n) is 3.86. The summed E-state index contributed by atoms with van der Waals surface area (Å²) in [7, 11) is 0. The highest BCUT2D eigenvalue weighted by atomic mass is 35.5. The first-order valence-electron chi connectivity index (χ1n) is 10.0. The van der Waals surface area contributed by atoms with Crippen molar-refractivity contribution in [2.24, 2.45) is 0 Å². The van der Waals surface area contributed by atoms with Crippen LogP contribution in [0.5, 0.6) is 0 Å². The summed E-state index contributed by atoms with van der Waals surface area (Å²) in [6.45, 7) is 1.51. The molecule has 3 aromatic carbocycles. The van der Waals surface area contributed by atoms with Gasteiger partial charge in [0.2, 0.25) is 0 Å². The monoisotopic (exact) mass is 432 g/mol. The van der Waals surface area contributed by atoms with Gasteiger partial charge in [-0.3, -0.25) is 14.5 Å². The van der Waals surface area contributed by atoms with Crippen LogP contribution in [-0.2, 0) is 10.3 Å². The Morgan fingerprint density at radius 3 is 2.13 bits per heavy atom. The minimum absolute atomic E-state index is 0.300. The Morgan fingerprint density at radius 2 is 1.52 bits per heavy atom. The fraction of sp³-hybridized carbons (Fsp3) is 0.160. The molecular formula is C25H21ClN2O3. The van der Waals surface area contributed by atoms with E-state index in [2.05, 4.69) is 5.32 Å². The highest BCUT2D eigenvalue weighted by Gasteiger charge is 2.51. The van der Waals surface area contributed by atoms with Crippen LogP contribution in [0.1, 0.15) is 29.3 Å². The van der Waals surface area contributed by atoms with Gasteiger partial charge in [0.15, 0.2) is 5.78 Å². The maximum atomic E-state index is 13.2. The molecule has 1 aliphatic rings. The summed E-state index contributed by atoms with van der Waals surface area (Å²) in [5.41, 5.74) is 1.92. The second-order valence-corrected chi connectivity index (χ2v) is 7.89. The summed E-state index contributed by atoms with van der Waals surface area (Å²) >= 11 is 5.96. The Kier molecular flexibility index (Phi) is 5.61. The lowest BCUT2D eigenvalue weighted by atomic mass is 9.87. The van der Waals surface area contributed by atoms with E-state index in [4.69, 9.17) is 11.6 Å². The van der Waals surface area contributed by atoms with E-state index in [0.29, 0.717) is 22.6 Å². The van der Waals surface area contributed by atoms with Crippen molar-refractivity contribution in [3.8, 4) is 11.1 Å². The zero-order valence-electron chi connectivity index (χ0n) is 17.0. The molecule has 0 spiro atoms. The van der Waals surface area contributed by atoms with E-state index in [9.17, 15) is 14.4 Å².